The highest BCUT2D eigenvalue weighted by atomic mass is 15.3. The SMILES string of the molecule is N#Cc1cnc2cc(N)nn2c1N. The third-order valence-corrected chi connectivity index (χ3v) is 1.66. The number of rotatable bonds is 0. The second kappa shape index (κ2) is 2.35. The number of hydrogen-bond acceptors (Lipinski definition) is 5. The van der Waals surface area contributed by atoms with E-state index in [0.29, 0.717) is 11.5 Å². The largest absolute Gasteiger partial charge is 0.382 e. The third-order valence-electron chi connectivity index (χ3n) is 1.66. The van der Waals surface area contributed by atoms with Gasteiger partial charge in [0.15, 0.2) is 5.65 Å². The summed E-state index contributed by atoms with van der Waals surface area (Å²) in [7, 11) is 0. The summed E-state index contributed by atoms with van der Waals surface area (Å²) in [4.78, 5) is 3.95. The fourth-order valence-electron chi connectivity index (χ4n) is 1.06. The Hall–Kier alpha value is -2.29. The van der Waals surface area contributed by atoms with Crippen LogP contribution in [0.25, 0.3) is 5.65 Å². The molecule has 6 heteroatoms. The van der Waals surface area contributed by atoms with E-state index in [1.54, 1.807) is 6.07 Å². The van der Waals surface area contributed by atoms with Gasteiger partial charge in [0.2, 0.25) is 0 Å². The van der Waals surface area contributed by atoms with E-state index in [0.717, 1.165) is 0 Å². The minimum atomic E-state index is 0.254. The standard InChI is InChI=1S/C7H6N6/c8-2-4-3-11-6-1-5(9)12-13(6)7(4)10/h1,3H,10H2,(H2,9,12). The van der Waals surface area contributed by atoms with Crippen molar-refractivity contribution in [3.05, 3.63) is 17.8 Å². The van der Waals surface area contributed by atoms with Gasteiger partial charge < -0.3 is 11.5 Å². The minimum Gasteiger partial charge on any atom is -0.382 e. The molecule has 4 N–H and O–H groups in total. The molecule has 0 aliphatic heterocycles. The van der Waals surface area contributed by atoms with Gasteiger partial charge in [0.05, 0.1) is 6.20 Å². The summed E-state index contributed by atoms with van der Waals surface area (Å²) in [5.74, 6) is 0.582. The van der Waals surface area contributed by atoms with Gasteiger partial charge in [-0.05, 0) is 0 Å². The average Bonchev–Trinajstić information content (AvgIpc) is 2.47. The highest BCUT2D eigenvalue weighted by Crippen LogP contribution is 2.13. The summed E-state index contributed by atoms with van der Waals surface area (Å²) < 4.78 is 1.34. The minimum absolute atomic E-state index is 0.254. The molecule has 2 heterocycles. The molecular formula is C7H6N6. The maximum absolute atomic E-state index is 8.64. The first-order valence-electron chi connectivity index (χ1n) is 3.52. The Kier molecular flexibility index (Phi) is 1.33. The van der Waals surface area contributed by atoms with Gasteiger partial charge in [-0.15, -0.1) is 5.10 Å². The van der Waals surface area contributed by atoms with Crippen LogP contribution >= 0.6 is 0 Å². The molecule has 2 rings (SSSR count). The molecule has 0 aliphatic rings. The lowest BCUT2D eigenvalue weighted by Gasteiger charge is -1.98. The van der Waals surface area contributed by atoms with Crippen molar-refractivity contribution < 1.29 is 0 Å². The molecule has 0 aromatic carbocycles. The maximum Gasteiger partial charge on any atom is 0.159 e. The number of nitrogens with zero attached hydrogens (tertiary/aromatic N) is 4. The number of aromatic nitrogens is 3. The number of hydrogen-bond donors (Lipinski definition) is 2. The fraction of sp³-hybridized carbons (Fsp3) is 0. The van der Waals surface area contributed by atoms with Crippen LogP contribution in [0, 0.1) is 11.3 Å². The van der Waals surface area contributed by atoms with Crippen molar-refractivity contribution in [3.8, 4) is 6.07 Å². The van der Waals surface area contributed by atoms with Crippen LogP contribution in [0.2, 0.25) is 0 Å². The fourth-order valence-corrected chi connectivity index (χ4v) is 1.06. The van der Waals surface area contributed by atoms with Crippen molar-refractivity contribution in [1.29, 1.82) is 5.26 Å². The highest BCUT2D eigenvalue weighted by Gasteiger charge is 2.06. The summed E-state index contributed by atoms with van der Waals surface area (Å²) in [6, 6.07) is 3.49. The Bertz CT molecular complexity index is 505. The zero-order valence-corrected chi connectivity index (χ0v) is 6.60. The second-order valence-electron chi connectivity index (χ2n) is 2.51. The van der Waals surface area contributed by atoms with Crippen molar-refractivity contribution in [3.63, 3.8) is 0 Å². The van der Waals surface area contributed by atoms with Gasteiger partial charge in [-0.25, -0.2) is 4.98 Å². The zero-order valence-electron chi connectivity index (χ0n) is 6.60. The van der Waals surface area contributed by atoms with Crippen LogP contribution in [-0.2, 0) is 0 Å². The van der Waals surface area contributed by atoms with Gasteiger partial charge in [0.1, 0.15) is 23.3 Å². The van der Waals surface area contributed by atoms with Gasteiger partial charge in [-0.3, -0.25) is 0 Å². The quantitative estimate of drug-likeness (QED) is 0.573. The van der Waals surface area contributed by atoms with Crippen LogP contribution in [0.3, 0.4) is 0 Å². The van der Waals surface area contributed by atoms with E-state index < -0.39 is 0 Å². The number of nitrogen functional groups attached to an aromatic ring is 2. The Morgan fingerprint density at radius 3 is 2.92 bits per heavy atom. The van der Waals surface area contributed by atoms with E-state index >= 15 is 0 Å². The molecule has 0 radical (unpaired) electrons. The van der Waals surface area contributed by atoms with Crippen molar-refractivity contribution in [2.45, 2.75) is 0 Å². The van der Waals surface area contributed by atoms with Crippen LogP contribution in [0.15, 0.2) is 12.3 Å². The number of nitriles is 1. The number of nitrogens with two attached hydrogens (primary N) is 2. The van der Waals surface area contributed by atoms with Crippen LogP contribution in [0.1, 0.15) is 5.56 Å². The van der Waals surface area contributed by atoms with Gasteiger partial charge in [-0.2, -0.15) is 9.78 Å². The van der Waals surface area contributed by atoms with Crippen molar-refractivity contribution in [2.24, 2.45) is 0 Å². The molecule has 2 aromatic rings. The molecule has 0 unspecified atom stereocenters. The molecule has 0 saturated heterocycles. The normalized spacial score (nSPS) is 10.1. The molecule has 64 valence electrons. The van der Waals surface area contributed by atoms with Gasteiger partial charge >= 0.3 is 0 Å². The summed E-state index contributed by atoms with van der Waals surface area (Å²) in [6.07, 6.45) is 1.39. The first-order chi connectivity index (χ1) is 6.22. The Balaban J connectivity index is 2.87. The van der Waals surface area contributed by atoms with Crippen LogP contribution < -0.4 is 11.5 Å². The molecule has 6 nitrogen and oxygen atoms in total. The van der Waals surface area contributed by atoms with E-state index in [2.05, 4.69) is 10.1 Å². The van der Waals surface area contributed by atoms with E-state index in [-0.39, 0.29) is 11.4 Å². The Morgan fingerprint density at radius 2 is 2.23 bits per heavy atom. The average molecular weight is 174 g/mol. The van der Waals surface area contributed by atoms with E-state index in [1.807, 2.05) is 6.07 Å². The summed E-state index contributed by atoms with van der Waals surface area (Å²) in [5.41, 5.74) is 11.9. The summed E-state index contributed by atoms with van der Waals surface area (Å²) in [5, 5.41) is 12.5. The van der Waals surface area contributed by atoms with Crippen molar-refractivity contribution >= 4 is 17.3 Å². The lowest BCUT2D eigenvalue weighted by molar-refractivity contribution is 0.953. The maximum atomic E-state index is 8.64. The molecule has 0 fully saturated rings. The molecule has 0 bridgehead atoms. The van der Waals surface area contributed by atoms with E-state index in [4.69, 9.17) is 16.7 Å². The predicted molar refractivity (Wildman–Crippen MR) is 46.5 cm³/mol. The Labute approximate surface area is 73.4 Å². The molecule has 0 saturated carbocycles. The molecular weight excluding hydrogens is 168 g/mol. The third kappa shape index (κ3) is 0.945. The monoisotopic (exact) mass is 174 g/mol. The van der Waals surface area contributed by atoms with E-state index in [9.17, 15) is 0 Å². The zero-order chi connectivity index (χ0) is 9.42. The van der Waals surface area contributed by atoms with Crippen LogP contribution in [0.4, 0.5) is 11.6 Å². The number of anilines is 2. The second-order valence-corrected chi connectivity index (χ2v) is 2.51. The molecule has 0 atom stereocenters. The first kappa shape index (κ1) is 7.36. The predicted octanol–water partition coefficient (Wildman–Crippen LogP) is -0.235. The van der Waals surface area contributed by atoms with Crippen molar-refractivity contribution in [2.75, 3.05) is 11.5 Å². The first-order valence-corrected chi connectivity index (χ1v) is 3.52. The van der Waals surface area contributed by atoms with Crippen LogP contribution in [-0.4, -0.2) is 14.6 Å². The van der Waals surface area contributed by atoms with Gasteiger partial charge in [0.25, 0.3) is 0 Å². The smallest absolute Gasteiger partial charge is 0.159 e. The lowest BCUT2D eigenvalue weighted by atomic mass is 10.3. The molecule has 2 aromatic heterocycles. The summed E-state index contributed by atoms with van der Waals surface area (Å²) in [6.45, 7) is 0. The van der Waals surface area contributed by atoms with Gasteiger partial charge in [0, 0.05) is 6.07 Å². The topological polar surface area (TPSA) is 106 Å². The van der Waals surface area contributed by atoms with E-state index in [1.165, 1.54) is 10.7 Å². The molecule has 13 heavy (non-hydrogen) atoms. The lowest BCUT2D eigenvalue weighted by Crippen LogP contribution is -2.03. The molecule has 0 spiro atoms. The van der Waals surface area contributed by atoms with Crippen molar-refractivity contribution in [1.82, 2.24) is 14.6 Å². The molecule has 0 aliphatic carbocycles. The Morgan fingerprint density at radius 1 is 1.46 bits per heavy atom. The van der Waals surface area contributed by atoms with Gasteiger partial charge in [-0.1, -0.05) is 0 Å². The van der Waals surface area contributed by atoms with Crippen LogP contribution in [0.5, 0.6) is 0 Å². The molecule has 0 amide bonds. The highest BCUT2D eigenvalue weighted by molar-refractivity contribution is 5.57. The number of fused-ring (bicyclic) bond motifs is 1. The summed E-state index contributed by atoms with van der Waals surface area (Å²) >= 11 is 0.